The van der Waals surface area contributed by atoms with Crippen LogP contribution in [0.5, 0.6) is 5.75 Å². The van der Waals surface area contributed by atoms with Crippen LogP contribution in [-0.4, -0.2) is 29.6 Å². The summed E-state index contributed by atoms with van der Waals surface area (Å²) in [6.45, 7) is 2.05. The highest BCUT2D eigenvalue weighted by atomic mass is 32.2. The van der Waals surface area contributed by atoms with Crippen molar-refractivity contribution in [1.29, 1.82) is 0 Å². The number of amidine groups is 1. The quantitative estimate of drug-likeness (QED) is 0.663. The first-order chi connectivity index (χ1) is 12.1. The topological polar surface area (TPSA) is 63.1 Å². The zero-order valence-corrected chi connectivity index (χ0v) is 14.9. The van der Waals surface area contributed by atoms with Crippen LogP contribution in [0, 0.1) is 6.92 Å². The maximum atomic E-state index is 12.1. The normalized spacial score (nSPS) is 18.7. The molecule has 128 valence electrons. The second-order valence-electron chi connectivity index (χ2n) is 5.71. The van der Waals surface area contributed by atoms with Crippen molar-refractivity contribution >= 4 is 29.1 Å². The molecule has 0 spiro atoms. The Balaban J connectivity index is 1.61. The lowest BCUT2D eigenvalue weighted by Crippen LogP contribution is -2.25. The number of hydrogen-bond donors (Lipinski definition) is 1. The Morgan fingerprint density at radius 2 is 2.04 bits per heavy atom. The maximum Gasteiger partial charge on any atom is 0.239 e. The number of hydrogen-bond acceptors (Lipinski definition) is 5. The summed E-state index contributed by atoms with van der Waals surface area (Å²) in [7, 11) is 1.63. The van der Waals surface area contributed by atoms with Crippen molar-refractivity contribution in [1.82, 2.24) is 5.32 Å². The fraction of sp³-hybridized carbons (Fsp3) is 0.211. The van der Waals surface area contributed by atoms with Gasteiger partial charge >= 0.3 is 0 Å². The summed E-state index contributed by atoms with van der Waals surface area (Å²) in [6.07, 6.45) is 2.33. The lowest BCUT2D eigenvalue weighted by molar-refractivity contribution is -0.118. The highest BCUT2D eigenvalue weighted by Crippen LogP contribution is 2.23. The highest BCUT2D eigenvalue weighted by Gasteiger charge is 2.30. The van der Waals surface area contributed by atoms with Gasteiger partial charge in [0.05, 0.1) is 18.6 Å². The van der Waals surface area contributed by atoms with Gasteiger partial charge in [-0.3, -0.25) is 4.79 Å². The number of amides is 1. The number of benzene rings is 2. The summed E-state index contributed by atoms with van der Waals surface area (Å²) in [5, 5.41) is 11.3. The average Bonchev–Trinajstić information content (AvgIpc) is 2.95. The van der Waals surface area contributed by atoms with Crippen molar-refractivity contribution in [2.24, 2.45) is 10.2 Å². The first-order valence-electron chi connectivity index (χ1n) is 7.92. The molecule has 1 amide bonds. The van der Waals surface area contributed by atoms with Crippen molar-refractivity contribution in [3.8, 4) is 5.75 Å². The van der Waals surface area contributed by atoms with Gasteiger partial charge in [0.2, 0.25) is 5.91 Å². The van der Waals surface area contributed by atoms with Gasteiger partial charge < -0.3 is 10.1 Å². The Labute approximate surface area is 151 Å². The van der Waals surface area contributed by atoms with Crippen LogP contribution in [0.3, 0.4) is 0 Å². The Bertz CT molecular complexity index is 816. The average molecular weight is 353 g/mol. The molecule has 3 rings (SSSR count). The van der Waals surface area contributed by atoms with Gasteiger partial charge in [-0.1, -0.05) is 41.6 Å². The molecule has 1 saturated heterocycles. The summed E-state index contributed by atoms with van der Waals surface area (Å²) in [4.78, 5) is 12.1. The minimum absolute atomic E-state index is 0.0232. The summed E-state index contributed by atoms with van der Waals surface area (Å²) in [5.74, 6) is 0.769. The van der Waals surface area contributed by atoms with E-state index in [0.717, 1.165) is 16.9 Å². The largest absolute Gasteiger partial charge is 0.497 e. The van der Waals surface area contributed by atoms with E-state index in [-0.39, 0.29) is 11.2 Å². The van der Waals surface area contributed by atoms with Crippen LogP contribution in [0.25, 0.3) is 0 Å². The molecule has 1 heterocycles. The van der Waals surface area contributed by atoms with Crippen molar-refractivity contribution < 1.29 is 9.53 Å². The number of thioether (sulfide) groups is 1. The fourth-order valence-corrected chi connectivity index (χ4v) is 3.44. The molecule has 0 aliphatic carbocycles. The third kappa shape index (κ3) is 4.70. The number of ether oxygens (including phenoxy) is 1. The Morgan fingerprint density at radius 1 is 1.24 bits per heavy atom. The van der Waals surface area contributed by atoms with E-state index in [2.05, 4.69) is 21.6 Å². The molecule has 1 fully saturated rings. The van der Waals surface area contributed by atoms with Gasteiger partial charge in [-0.25, -0.2) is 0 Å². The number of carbonyl (C=O) groups excluding carboxylic acids is 1. The maximum absolute atomic E-state index is 12.1. The monoisotopic (exact) mass is 353 g/mol. The summed E-state index contributed by atoms with van der Waals surface area (Å²) >= 11 is 1.42. The van der Waals surface area contributed by atoms with Gasteiger partial charge in [0.1, 0.15) is 5.75 Å². The molecule has 2 aromatic rings. The molecule has 1 aliphatic heterocycles. The standard InChI is InChI=1S/C19H19N3O2S/c1-13-4-3-5-15(10-13)11-17-18(23)21-19(25-17)22-20-12-14-6-8-16(24-2)9-7-14/h3-10,12,17H,11H2,1-2H3,(H,21,22,23)/b20-12+. The SMILES string of the molecule is COc1ccc(/C=N/N=C2\NC(=O)C(Cc3cccc(C)c3)S2)cc1. The molecule has 1 aliphatic rings. The molecule has 1 N–H and O–H groups in total. The van der Waals surface area contributed by atoms with Crippen LogP contribution in [0.4, 0.5) is 0 Å². The number of methoxy groups -OCH3 is 1. The number of nitrogens with zero attached hydrogens (tertiary/aromatic N) is 2. The fourth-order valence-electron chi connectivity index (χ4n) is 2.48. The second-order valence-corrected chi connectivity index (χ2v) is 6.90. The molecule has 0 bridgehead atoms. The van der Waals surface area contributed by atoms with Crippen LogP contribution in [0.1, 0.15) is 16.7 Å². The lowest BCUT2D eigenvalue weighted by Gasteiger charge is -2.05. The van der Waals surface area contributed by atoms with E-state index in [1.165, 1.54) is 17.3 Å². The molecule has 0 aromatic heterocycles. The van der Waals surface area contributed by atoms with E-state index in [9.17, 15) is 4.79 Å². The molecule has 6 heteroatoms. The van der Waals surface area contributed by atoms with Crippen LogP contribution < -0.4 is 10.1 Å². The predicted octanol–water partition coefficient (Wildman–Crippen LogP) is 3.17. The zero-order chi connectivity index (χ0) is 17.6. The molecule has 0 saturated carbocycles. The minimum atomic E-state index is -0.170. The van der Waals surface area contributed by atoms with Gasteiger partial charge in [0.15, 0.2) is 5.17 Å². The molecule has 2 aromatic carbocycles. The number of rotatable bonds is 5. The first-order valence-corrected chi connectivity index (χ1v) is 8.80. The Morgan fingerprint density at radius 3 is 2.76 bits per heavy atom. The minimum Gasteiger partial charge on any atom is -0.497 e. The zero-order valence-electron chi connectivity index (χ0n) is 14.1. The first kappa shape index (κ1) is 17.2. The Hall–Kier alpha value is -2.60. The van der Waals surface area contributed by atoms with Crippen molar-refractivity contribution in [3.63, 3.8) is 0 Å². The lowest BCUT2D eigenvalue weighted by atomic mass is 10.1. The molecular weight excluding hydrogens is 334 g/mol. The molecule has 1 unspecified atom stereocenters. The van der Waals surface area contributed by atoms with E-state index in [0.29, 0.717) is 11.6 Å². The number of carbonyl (C=O) groups is 1. The van der Waals surface area contributed by atoms with Gasteiger partial charge in [-0.05, 0) is 48.7 Å². The number of aryl methyl sites for hydroxylation is 1. The van der Waals surface area contributed by atoms with Gasteiger partial charge in [0.25, 0.3) is 0 Å². The van der Waals surface area contributed by atoms with Gasteiger partial charge in [0, 0.05) is 0 Å². The van der Waals surface area contributed by atoms with Gasteiger partial charge in [-0.2, -0.15) is 5.10 Å². The molecular formula is C19H19N3O2S. The van der Waals surface area contributed by atoms with Crippen LogP contribution in [0.15, 0.2) is 58.7 Å². The van der Waals surface area contributed by atoms with E-state index in [1.54, 1.807) is 13.3 Å². The Kier molecular flexibility index (Phi) is 5.50. The third-order valence-corrected chi connectivity index (χ3v) is 4.82. The second kappa shape index (κ2) is 7.98. The van der Waals surface area contributed by atoms with E-state index in [4.69, 9.17) is 4.74 Å². The molecule has 5 nitrogen and oxygen atoms in total. The van der Waals surface area contributed by atoms with Crippen molar-refractivity contribution in [2.45, 2.75) is 18.6 Å². The predicted molar refractivity (Wildman–Crippen MR) is 102 cm³/mol. The molecule has 25 heavy (non-hydrogen) atoms. The molecule has 1 atom stereocenters. The van der Waals surface area contributed by atoms with Gasteiger partial charge in [-0.15, -0.1) is 5.10 Å². The van der Waals surface area contributed by atoms with E-state index in [1.807, 2.05) is 49.4 Å². The van der Waals surface area contributed by atoms with Crippen LogP contribution in [0.2, 0.25) is 0 Å². The van der Waals surface area contributed by atoms with Crippen molar-refractivity contribution in [3.05, 3.63) is 65.2 Å². The summed E-state index contributed by atoms with van der Waals surface area (Å²) in [6, 6.07) is 15.7. The number of nitrogens with one attached hydrogen (secondary N) is 1. The van der Waals surface area contributed by atoms with Crippen LogP contribution in [-0.2, 0) is 11.2 Å². The van der Waals surface area contributed by atoms with E-state index >= 15 is 0 Å². The van der Waals surface area contributed by atoms with Crippen LogP contribution >= 0.6 is 11.8 Å². The summed E-state index contributed by atoms with van der Waals surface area (Å²) in [5.41, 5.74) is 3.25. The highest BCUT2D eigenvalue weighted by molar-refractivity contribution is 8.15. The third-order valence-electron chi connectivity index (χ3n) is 3.75. The van der Waals surface area contributed by atoms with Crippen molar-refractivity contribution in [2.75, 3.05) is 7.11 Å². The summed E-state index contributed by atoms with van der Waals surface area (Å²) < 4.78 is 5.11. The molecule has 0 radical (unpaired) electrons. The smallest absolute Gasteiger partial charge is 0.239 e. The van der Waals surface area contributed by atoms with E-state index < -0.39 is 0 Å².